The molecule has 0 aromatic heterocycles. The third-order valence-corrected chi connectivity index (χ3v) is 5.57. The van der Waals surface area contributed by atoms with E-state index in [1.807, 2.05) is 24.3 Å². The van der Waals surface area contributed by atoms with Crippen molar-refractivity contribution in [3.63, 3.8) is 0 Å². The molecule has 0 fully saturated rings. The van der Waals surface area contributed by atoms with E-state index in [0.29, 0.717) is 18.1 Å². The van der Waals surface area contributed by atoms with Crippen molar-refractivity contribution in [2.75, 3.05) is 6.61 Å². The van der Waals surface area contributed by atoms with Gasteiger partial charge in [0.1, 0.15) is 20.8 Å². The lowest BCUT2D eigenvalue weighted by atomic mass is 9.99. The molecule has 160 valence electrons. The van der Waals surface area contributed by atoms with Gasteiger partial charge in [-0.2, -0.15) is 0 Å². The fraction of sp³-hybridized carbons (Fsp3) is 0.400. The van der Waals surface area contributed by atoms with Crippen molar-refractivity contribution in [1.82, 2.24) is 0 Å². The third kappa shape index (κ3) is 5.48. The minimum absolute atomic E-state index is 0.126. The Morgan fingerprint density at radius 3 is 2.00 bits per heavy atom. The molecule has 0 N–H and O–H groups in total. The SMILES string of the molecule is CCC(C)c1ccc(OCCCCc2c(F)c(F)c(S(=O)(=O)[O-])c(F)c2F)cc1. The van der Waals surface area contributed by atoms with Crippen molar-refractivity contribution in [3.8, 4) is 5.75 Å². The summed E-state index contributed by atoms with van der Waals surface area (Å²) < 4.78 is 93.3. The molecule has 0 bridgehead atoms. The van der Waals surface area contributed by atoms with E-state index in [4.69, 9.17) is 4.74 Å². The second-order valence-corrected chi connectivity index (χ2v) is 8.02. The lowest BCUT2D eigenvalue weighted by Gasteiger charge is -2.14. The lowest BCUT2D eigenvalue weighted by Crippen LogP contribution is -2.13. The third-order valence-electron chi connectivity index (χ3n) is 4.72. The highest BCUT2D eigenvalue weighted by Crippen LogP contribution is 2.28. The molecule has 0 spiro atoms. The fourth-order valence-corrected chi connectivity index (χ4v) is 3.44. The van der Waals surface area contributed by atoms with Crippen LogP contribution in [0.2, 0.25) is 0 Å². The zero-order valence-electron chi connectivity index (χ0n) is 16.0. The van der Waals surface area contributed by atoms with Gasteiger partial charge >= 0.3 is 0 Å². The summed E-state index contributed by atoms with van der Waals surface area (Å²) in [5, 5.41) is 0. The quantitative estimate of drug-likeness (QED) is 0.240. The maximum absolute atomic E-state index is 13.9. The summed E-state index contributed by atoms with van der Waals surface area (Å²) in [5.74, 6) is -7.10. The molecule has 2 aromatic carbocycles. The molecule has 0 saturated heterocycles. The van der Waals surface area contributed by atoms with E-state index in [1.165, 1.54) is 5.56 Å². The van der Waals surface area contributed by atoms with Gasteiger partial charge in [-0.3, -0.25) is 0 Å². The predicted molar refractivity (Wildman–Crippen MR) is 97.8 cm³/mol. The summed E-state index contributed by atoms with van der Waals surface area (Å²) in [6, 6.07) is 7.53. The zero-order valence-corrected chi connectivity index (χ0v) is 16.8. The van der Waals surface area contributed by atoms with Crippen molar-refractivity contribution in [2.24, 2.45) is 0 Å². The van der Waals surface area contributed by atoms with E-state index < -0.39 is 43.8 Å². The van der Waals surface area contributed by atoms with Crippen molar-refractivity contribution >= 4 is 10.1 Å². The Morgan fingerprint density at radius 2 is 1.52 bits per heavy atom. The van der Waals surface area contributed by atoms with Crippen LogP contribution in [0.25, 0.3) is 0 Å². The first-order valence-corrected chi connectivity index (χ1v) is 10.5. The second kappa shape index (κ2) is 9.58. The Balaban J connectivity index is 1.96. The average Bonchev–Trinajstić information content (AvgIpc) is 2.67. The summed E-state index contributed by atoms with van der Waals surface area (Å²) in [7, 11) is -5.70. The number of hydrogen-bond acceptors (Lipinski definition) is 4. The molecular formula is C20H21F4O4S-. The highest BCUT2D eigenvalue weighted by Gasteiger charge is 2.28. The van der Waals surface area contributed by atoms with Crippen LogP contribution in [-0.2, 0) is 16.5 Å². The van der Waals surface area contributed by atoms with Crippen LogP contribution < -0.4 is 4.74 Å². The van der Waals surface area contributed by atoms with Crippen LogP contribution in [0.3, 0.4) is 0 Å². The largest absolute Gasteiger partial charge is 0.744 e. The summed E-state index contributed by atoms with van der Waals surface area (Å²) >= 11 is 0. The molecule has 1 atom stereocenters. The Kier molecular flexibility index (Phi) is 7.65. The summed E-state index contributed by atoms with van der Waals surface area (Å²) in [6.07, 6.45) is 1.08. The fourth-order valence-electron chi connectivity index (χ4n) is 2.82. The monoisotopic (exact) mass is 433 g/mol. The molecule has 0 saturated carbocycles. The molecule has 2 rings (SSSR count). The van der Waals surface area contributed by atoms with Crippen LogP contribution in [0, 0.1) is 23.3 Å². The maximum Gasteiger partial charge on any atom is 0.179 e. The molecule has 9 heteroatoms. The Labute approximate surface area is 167 Å². The van der Waals surface area contributed by atoms with Crippen molar-refractivity contribution < 1.29 is 35.3 Å². The second-order valence-electron chi connectivity index (χ2n) is 6.70. The Bertz CT molecular complexity index is 930. The lowest BCUT2D eigenvalue weighted by molar-refractivity contribution is 0.305. The summed E-state index contributed by atoms with van der Waals surface area (Å²) in [6.45, 7) is 4.41. The van der Waals surface area contributed by atoms with Gasteiger partial charge in [-0.05, 0) is 49.3 Å². The van der Waals surface area contributed by atoms with E-state index >= 15 is 0 Å². The average molecular weight is 433 g/mol. The van der Waals surface area contributed by atoms with Crippen LogP contribution in [0.15, 0.2) is 29.2 Å². The van der Waals surface area contributed by atoms with Crippen LogP contribution in [0.4, 0.5) is 17.6 Å². The molecule has 0 aliphatic rings. The molecule has 0 aliphatic carbocycles. The van der Waals surface area contributed by atoms with Crippen molar-refractivity contribution in [1.29, 1.82) is 0 Å². The first kappa shape index (κ1) is 23.2. The van der Waals surface area contributed by atoms with E-state index in [2.05, 4.69) is 13.8 Å². The number of hydrogen-bond donors (Lipinski definition) is 0. The van der Waals surface area contributed by atoms with E-state index in [1.54, 1.807) is 0 Å². The molecule has 2 aromatic rings. The van der Waals surface area contributed by atoms with Gasteiger partial charge in [-0.1, -0.05) is 26.0 Å². The minimum Gasteiger partial charge on any atom is -0.744 e. The molecule has 0 radical (unpaired) electrons. The van der Waals surface area contributed by atoms with Crippen LogP contribution in [0.1, 0.15) is 50.2 Å². The van der Waals surface area contributed by atoms with Gasteiger partial charge in [0.2, 0.25) is 0 Å². The first-order valence-electron chi connectivity index (χ1n) is 9.11. The van der Waals surface area contributed by atoms with Crippen molar-refractivity contribution in [2.45, 2.75) is 50.3 Å². The van der Waals surface area contributed by atoms with Crippen molar-refractivity contribution in [3.05, 3.63) is 58.7 Å². The topological polar surface area (TPSA) is 66.4 Å². The molecule has 0 heterocycles. The molecule has 0 aliphatic heterocycles. The van der Waals surface area contributed by atoms with E-state index in [9.17, 15) is 30.5 Å². The Hall–Kier alpha value is -2.13. The molecule has 1 unspecified atom stereocenters. The molecule has 0 amide bonds. The smallest absolute Gasteiger partial charge is 0.179 e. The van der Waals surface area contributed by atoms with Gasteiger partial charge in [-0.25, -0.2) is 26.0 Å². The number of unbranched alkanes of at least 4 members (excludes halogenated alkanes) is 1. The van der Waals surface area contributed by atoms with E-state index in [0.717, 1.165) is 6.42 Å². The number of halogens is 4. The number of rotatable bonds is 9. The van der Waals surface area contributed by atoms with Crippen LogP contribution >= 0.6 is 0 Å². The Morgan fingerprint density at radius 1 is 0.966 bits per heavy atom. The van der Waals surface area contributed by atoms with Gasteiger partial charge in [0.25, 0.3) is 0 Å². The van der Waals surface area contributed by atoms with Gasteiger partial charge < -0.3 is 9.29 Å². The summed E-state index contributed by atoms with van der Waals surface area (Å²) in [5.41, 5.74) is 0.240. The standard InChI is InChI=1S/C20H22F4O4S/c1-3-12(2)13-7-9-14(10-8-13)28-11-5-4-6-15-16(21)18(23)20(29(25,26)27)19(24)17(15)22/h7-10,12H,3-6,11H2,1-2H3,(H,25,26,27)/p-1. The van der Waals surface area contributed by atoms with Gasteiger partial charge in [0.15, 0.2) is 23.3 Å². The first-order chi connectivity index (χ1) is 13.6. The highest BCUT2D eigenvalue weighted by molar-refractivity contribution is 7.85. The molecular weight excluding hydrogens is 412 g/mol. The van der Waals surface area contributed by atoms with Crippen LogP contribution in [0.5, 0.6) is 5.75 Å². The maximum atomic E-state index is 13.9. The number of benzene rings is 2. The molecule has 29 heavy (non-hydrogen) atoms. The zero-order chi connectivity index (χ0) is 21.8. The van der Waals surface area contributed by atoms with Crippen LogP contribution in [-0.4, -0.2) is 19.6 Å². The normalized spacial score (nSPS) is 12.8. The predicted octanol–water partition coefficient (Wildman–Crippen LogP) is 5.06. The molecule has 4 nitrogen and oxygen atoms in total. The number of ether oxygens (including phenoxy) is 1. The van der Waals surface area contributed by atoms with Gasteiger partial charge in [-0.15, -0.1) is 0 Å². The highest BCUT2D eigenvalue weighted by atomic mass is 32.2. The van der Waals surface area contributed by atoms with Gasteiger partial charge in [0.05, 0.1) is 6.61 Å². The van der Waals surface area contributed by atoms with E-state index in [-0.39, 0.29) is 19.4 Å². The van der Waals surface area contributed by atoms with Gasteiger partial charge in [0, 0.05) is 5.56 Å². The summed E-state index contributed by atoms with van der Waals surface area (Å²) in [4.78, 5) is -2.14. The minimum atomic E-state index is -5.70.